The van der Waals surface area contributed by atoms with Crippen LogP contribution in [0.15, 0.2) is 89.7 Å². The number of aromatic nitrogens is 2. The smallest absolute Gasteiger partial charge is 0.338 e. The first-order valence-electron chi connectivity index (χ1n) is 11.8. The summed E-state index contributed by atoms with van der Waals surface area (Å²) in [5, 5.41) is 7.43. The zero-order valence-electron chi connectivity index (χ0n) is 20.4. The summed E-state index contributed by atoms with van der Waals surface area (Å²) in [5.41, 5.74) is 2.84. The minimum Gasteiger partial charge on any atom is -0.459 e. The Labute approximate surface area is 209 Å². The quantitative estimate of drug-likeness (QED) is 0.356. The van der Waals surface area contributed by atoms with E-state index >= 15 is 0 Å². The Balaban J connectivity index is 1.81. The van der Waals surface area contributed by atoms with Crippen LogP contribution in [0.2, 0.25) is 0 Å². The average molecular weight is 482 g/mol. The molecule has 1 amide bonds. The number of carbonyl (C=O) groups excluding carboxylic acids is 2. The number of amides is 1. The number of nitrogens with zero attached hydrogens (tertiary/aromatic N) is 2. The summed E-state index contributed by atoms with van der Waals surface area (Å²) in [4.78, 5) is 39.2. The lowest BCUT2D eigenvalue weighted by Gasteiger charge is -2.17. The van der Waals surface area contributed by atoms with Crippen LogP contribution < -0.4 is 10.9 Å². The second kappa shape index (κ2) is 10.8. The Kier molecular flexibility index (Phi) is 7.39. The molecule has 1 N–H and O–H groups in total. The molecule has 0 atom stereocenters. The fourth-order valence-electron chi connectivity index (χ4n) is 3.84. The molecule has 36 heavy (non-hydrogen) atoms. The van der Waals surface area contributed by atoms with Crippen LogP contribution in [0.25, 0.3) is 22.4 Å². The third-order valence-electron chi connectivity index (χ3n) is 5.51. The van der Waals surface area contributed by atoms with Gasteiger partial charge in [0.2, 0.25) is 0 Å². The van der Waals surface area contributed by atoms with Gasteiger partial charge in [-0.15, -0.1) is 0 Å². The molecule has 0 aliphatic carbocycles. The summed E-state index contributed by atoms with van der Waals surface area (Å²) in [6.45, 7) is 5.67. The Hall–Kier alpha value is -4.52. The van der Waals surface area contributed by atoms with E-state index in [9.17, 15) is 14.4 Å². The molecule has 0 fully saturated rings. The first-order chi connectivity index (χ1) is 17.4. The topological polar surface area (TPSA) is 90.3 Å². The standard InChI is InChI=1S/C29H27N3O4/c1-4-32-28(34)25(27(33)30-23-17-15-22(16-18-23)29(35)36-19(2)3)24(20-11-7-5-8-12-20)26(31-32)21-13-9-6-10-14-21/h5-19H,4H2,1-3H3,(H,30,33). The van der Waals surface area contributed by atoms with Crippen LogP contribution in [-0.4, -0.2) is 27.8 Å². The van der Waals surface area contributed by atoms with Gasteiger partial charge in [-0.25, -0.2) is 9.48 Å². The Morgan fingerprint density at radius 3 is 2.03 bits per heavy atom. The molecule has 0 saturated heterocycles. The second-order valence-electron chi connectivity index (χ2n) is 8.44. The lowest BCUT2D eigenvalue weighted by Crippen LogP contribution is -2.32. The number of benzene rings is 3. The molecule has 182 valence electrons. The van der Waals surface area contributed by atoms with E-state index in [-0.39, 0.29) is 11.7 Å². The molecular formula is C29H27N3O4. The minimum atomic E-state index is -0.557. The van der Waals surface area contributed by atoms with E-state index in [0.29, 0.717) is 34.6 Å². The van der Waals surface area contributed by atoms with Gasteiger partial charge in [0.05, 0.1) is 17.4 Å². The van der Waals surface area contributed by atoms with Crippen LogP contribution in [0, 0.1) is 0 Å². The van der Waals surface area contributed by atoms with Gasteiger partial charge in [0.15, 0.2) is 0 Å². The Morgan fingerprint density at radius 1 is 0.889 bits per heavy atom. The van der Waals surface area contributed by atoms with Crippen molar-refractivity contribution in [2.75, 3.05) is 5.32 Å². The first-order valence-corrected chi connectivity index (χ1v) is 11.8. The van der Waals surface area contributed by atoms with Gasteiger partial charge in [0, 0.05) is 23.4 Å². The zero-order chi connectivity index (χ0) is 25.7. The molecular weight excluding hydrogens is 454 g/mol. The van der Waals surface area contributed by atoms with E-state index in [1.165, 1.54) is 4.68 Å². The number of carbonyl (C=O) groups is 2. The lowest BCUT2D eigenvalue weighted by molar-refractivity contribution is 0.0378. The monoisotopic (exact) mass is 481 g/mol. The average Bonchev–Trinajstić information content (AvgIpc) is 2.89. The van der Waals surface area contributed by atoms with Gasteiger partial charge in [0.25, 0.3) is 11.5 Å². The van der Waals surface area contributed by atoms with Crippen LogP contribution in [-0.2, 0) is 11.3 Å². The highest BCUT2D eigenvalue weighted by Crippen LogP contribution is 2.32. The predicted octanol–water partition coefficient (Wildman–Crippen LogP) is 5.41. The summed E-state index contributed by atoms with van der Waals surface area (Å²) in [6, 6.07) is 25.1. The van der Waals surface area contributed by atoms with Gasteiger partial charge in [-0.3, -0.25) is 9.59 Å². The fraction of sp³-hybridized carbons (Fsp3) is 0.172. The summed E-state index contributed by atoms with van der Waals surface area (Å²) in [7, 11) is 0. The molecule has 4 aromatic rings. The highest BCUT2D eigenvalue weighted by Gasteiger charge is 2.25. The molecule has 0 aliphatic heterocycles. The maximum absolute atomic E-state index is 13.6. The molecule has 1 heterocycles. The van der Waals surface area contributed by atoms with Crippen LogP contribution in [0.1, 0.15) is 41.5 Å². The van der Waals surface area contributed by atoms with Gasteiger partial charge in [-0.1, -0.05) is 60.7 Å². The first kappa shape index (κ1) is 24.6. The number of esters is 1. The third kappa shape index (κ3) is 5.25. The summed E-state index contributed by atoms with van der Waals surface area (Å²) in [5.74, 6) is -1.00. The van der Waals surface area contributed by atoms with Crippen molar-refractivity contribution in [1.29, 1.82) is 0 Å². The molecule has 7 heteroatoms. The molecule has 0 aliphatic rings. The molecule has 0 saturated carbocycles. The largest absolute Gasteiger partial charge is 0.459 e. The fourth-order valence-corrected chi connectivity index (χ4v) is 3.84. The van der Waals surface area contributed by atoms with E-state index in [1.807, 2.05) is 67.6 Å². The highest BCUT2D eigenvalue weighted by molar-refractivity contribution is 6.10. The van der Waals surface area contributed by atoms with E-state index in [1.54, 1.807) is 38.1 Å². The van der Waals surface area contributed by atoms with Crippen molar-refractivity contribution < 1.29 is 14.3 Å². The van der Waals surface area contributed by atoms with E-state index in [2.05, 4.69) is 10.4 Å². The highest BCUT2D eigenvalue weighted by atomic mass is 16.5. The van der Waals surface area contributed by atoms with Crippen molar-refractivity contribution in [1.82, 2.24) is 9.78 Å². The van der Waals surface area contributed by atoms with Gasteiger partial charge in [0.1, 0.15) is 5.56 Å². The van der Waals surface area contributed by atoms with Crippen molar-refractivity contribution in [2.24, 2.45) is 0 Å². The Bertz CT molecular complexity index is 1430. The number of ether oxygens (including phenoxy) is 1. The Morgan fingerprint density at radius 2 is 1.47 bits per heavy atom. The molecule has 4 rings (SSSR count). The molecule has 7 nitrogen and oxygen atoms in total. The van der Waals surface area contributed by atoms with Crippen molar-refractivity contribution >= 4 is 17.6 Å². The minimum absolute atomic E-state index is 0.000182. The number of anilines is 1. The maximum atomic E-state index is 13.6. The second-order valence-corrected chi connectivity index (χ2v) is 8.44. The third-order valence-corrected chi connectivity index (χ3v) is 5.51. The van der Waals surface area contributed by atoms with Crippen LogP contribution in [0.4, 0.5) is 5.69 Å². The van der Waals surface area contributed by atoms with Gasteiger partial charge in [-0.05, 0) is 50.6 Å². The molecule has 0 unspecified atom stereocenters. The number of aryl methyl sites for hydroxylation is 1. The normalized spacial score (nSPS) is 10.8. The number of nitrogens with one attached hydrogen (secondary N) is 1. The molecule has 0 spiro atoms. The molecule has 0 bridgehead atoms. The van der Waals surface area contributed by atoms with E-state index in [4.69, 9.17) is 4.74 Å². The molecule has 1 aromatic heterocycles. The van der Waals surface area contributed by atoms with Crippen molar-refractivity contribution in [2.45, 2.75) is 33.4 Å². The summed E-state index contributed by atoms with van der Waals surface area (Å²) >= 11 is 0. The summed E-state index contributed by atoms with van der Waals surface area (Å²) in [6.07, 6.45) is -0.237. The molecule has 3 aromatic carbocycles. The lowest BCUT2D eigenvalue weighted by atomic mass is 9.95. The van der Waals surface area contributed by atoms with Crippen LogP contribution in [0.3, 0.4) is 0 Å². The van der Waals surface area contributed by atoms with Gasteiger partial charge >= 0.3 is 5.97 Å². The summed E-state index contributed by atoms with van der Waals surface area (Å²) < 4.78 is 6.51. The van der Waals surface area contributed by atoms with Crippen LogP contribution >= 0.6 is 0 Å². The number of rotatable bonds is 7. The number of hydrogen-bond donors (Lipinski definition) is 1. The number of hydrogen-bond acceptors (Lipinski definition) is 5. The van der Waals surface area contributed by atoms with Gasteiger partial charge < -0.3 is 10.1 Å². The van der Waals surface area contributed by atoms with Crippen molar-refractivity contribution in [3.8, 4) is 22.4 Å². The SMILES string of the molecule is CCn1nc(-c2ccccc2)c(-c2ccccc2)c(C(=O)Nc2ccc(C(=O)OC(C)C)cc2)c1=O. The zero-order valence-corrected chi connectivity index (χ0v) is 20.4. The molecule has 0 radical (unpaired) electrons. The van der Waals surface area contributed by atoms with E-state index in [0.717, 1.165) is 5.56 Å². The predicted molar refractivity (Wildman–Crippen MR) is 140 cm³/mol. The van der Waals surface area contributed by atoms with Crippen molar-refractivity contribution in [3.05, 3.63) is 106 Å². The van der Waals surface area contributed by atoms with Crippen LogP contribution in [0.5, 0.6) is 0 Å². The van der Waals surface area contributed by atoms with Crippen molar-refractivity contribution in [3.63, 3.8) is 0 Å². The van der Waals surface area contributed by atoms with E-state index < -0.39 is 17.4 Å². The van der Waals surface area contributed by atoms with Gasteiger partial charge in [-0.2, -0.15) is 5.10 Å². The maximum Gasteiger partial charge on any atom is 0.338 e.